The van der Waals surface area contributed by atoms with Crippen LogP contribution in [0, 0.1) is 17.3 Å². The second-order valence-electron chi connectivity index (χ2n) is 3.29. The van der Waals surface area contributed by atoms with E-state index in [4.69, 9.17) is 5.11 Å². The number of carboxylic acid groups (broad SMARTS) is 1. The van der Waals surface area contributed by atoms with Crippen molar-refractivity contribution in [2.75, 3.05) is 0 Å². The molecule has 2 rings (SSSR count). The van der Waals surface area contributed by atoms with E-state index >= 15 is 0 Å². The van der Waals surface area contributed by atoms with E-state index in [1.165, 1.54) is 0 Å². The van der Waals surface area contributed by atoms with Crippen molar-refractivity contribution in [3.05, 3.63) is 12.2 Å². The molecule has 0 radical (unpaired) electrons. The van der Waals surface area contributed by atoms with Crippen molar-refractivity contribution in [1.82, 2.24) is 0 Å². The van der Waals surface area contributed by atoms with Gasteiger partial charge in [-0.3, -0.25) is 4.79 Å². The maximum atomic E-state index is 10.7. The summed E-state index contributed by atoms with van der Waals surface area (Å²) in [5, 5.41) is 8.84. The molecule has 2 aliphatic carbocycles. The van der Waals surface area contributed by atoms with E-state index in [0.717, 1.165) is 6.42 Å². The monoisotopic (exact) mass is 138 g/mol. The van der Waals surface area contributed by atoms with E-state index < -0.39 is 5.97 Å². The number of hydrogen-bond acceptors (Lipinski definition) is 1. The SMILES string of the molecule is CC1C2C=CCC12C(=O)O. The van der Waals surface area contributed by atoms with Crippen LogP contribution in [-0.4, -0.2) is 11.1 Å². The minimum Gasteiger partial charge on any atom is -0.481 e. The van der Waals surface area contributed by atoms with Crippen LogP contribution in [0.4, 0.5) is 0 Å². The lowest BCUT2D eigenvalue weighted by Gasteiger charge is -2.03. The zero-order valence-electron chi connectivity index (χ0n) is 5.87. The van der Waals surface area contributed by atoms with Crippen LogP contribution in [0.5, 0.6) is 0 Å². The van der Waals surface area contributed by atoms with E-state index in [0.29, 0.717) is 11.8 Å². The quantitative estimate of drug-likeness (QED) is 0.554. The fraction of sp³-hybridized carbons (Fsp3) is 0.625. The fourth-order valence-electron chi connectivity index (χ4n) is 2.16. The molecule has 1 N–H and O–H groups in total. The van der Waals surface area contributed by atoms with Gasteiger partial charge < -0.3 is 5.11 Å². The lowest BCUT2D eigenvalue weighted by Crippen LogP contribution is -2.15. The Kier molecular flexibility index (Phi) is 0.858. The van der Waals surface area contributed by atoms with Gasteiger partial charge in [-0.2, -0.15) is 0 Å². The highest BCUT2D eigenvalue weighted by atomic mass is 16.4. The second kappa shape index (κ2) is 1.44. The molecule has 0 aromatic heterocycles. The van der Waals surface area contributed by atoms with Crippen LogP contribution in [0.3, 0.4) is 0 Å². The largest absolute Gasteiger partial charge is 0.481 e. The highest BCUT2D eigenvalue weighted by molar-refractivity contribution is 5.81. The van der Waals surface area contributed by atoms with Crippen LogP contribution in [0.15, 0.2) is 12.2 Å². The molecule has 3 atom stereocenters. The first-order valence-corrected chi connectivity index (χ1v) is 3.59. The number of allylic oxidation sites excluding steroid dienone is 2. The van der Waals surface area contributed by atoms with Gasteiger partial charge in [-0.1, -0.05) is 19.1 Å². The average Bonchev–Trinajstić information content (AvgIpc) is 2.36. The van der Waals surface area contributed by atoms with Crippen molar-refractivity contribution < 1.29 is 9.90 Å². The van der Waals surface area contributed by atoms with E-state index in [1.54, 1.807) is 0 Å². The Morgan fingerprint density at radius 3 is 2.80 bits per heavy atom. The molecule has 0 aromatic rings. The van der Waals surface area contributed by atoms with Crippen LogP contribution in [0.1, 0.15) is 13.3 Å². The van der Waals surface area contributed by atoms with Crippen molar-refractivity contribution in [2.24, 2.45) is 17.3 Å². The van der Waals surface area contributed by atoms with Gasteiger partial charge in [0.1, 0.15) is 0 Å². The molecule has 0 heterocycles. The molecule has 3 unspecified atom stereocenters. The molecule has 10 heavy (non-hydrogen) atoms. The number of rotatable bonds is 1. The minimum absolute atomic E-state index is 0.338. The van der Waals surface area contributed by atoms with E-state index in [9.17, 15) is 4.79 Å². The van der Waals surface area contributed by atoms with Crippen molar-refractivity contribution >= 4 is 5.97 Å². The van der Waals surface area contributed by atoms with Crippen molar-refractivity contribution in [3.8, 4) is 0 Å². The molecule has 0 aliphatic heterocycles. The first kappa shape index (κ1) is 5.96. The Morgan fingerprint density at radius 2 is 2.50 bits per heavy atom. The number of hydrogen-bond donors (Lipinski definition) is 1. The Morgan fingerprint density at radius 1 is 1.80 bits per heavy atom. The molecule has 0 bridgehead atoms. The molecular weight excluding hydrogens is 128 g/mol. The molecule has 0 aromatic carbocycles. The molecule has 2 heteroatoms. The minimum atomic E-state index is -0.616. The highest BCUT2D eigenvalue weighted by Crippen LogP contribution is 2.65. The van der Waals surface area contributed by atoms with Crippen LogP contribution >= 0.6 is 0 Å². The summed E-state index contributed by atoms with van der Waals surface area (Å²) in [6.45, 7) is 2.02. The number of carboxylic acids is 1. The number of carbonyl (C=O) groups is 1. The normalized spacial score (nSPS) is 48.9. The second-order valence-corrected chi connectivity index (χ2v) is 3.29. The molecule has 0 amide bonds. The molecule has 0 saturated heterocycles. The van der Waals surface area contributed by atoms with Crippen LogP contribution in [-0.2, 0) is 4.79 Å². The first-order valence-electron chi connectivity index (χ1n) is 3.59. The summed E-state index contributed by atoms with van der Waals surface area (Å²) in [6.07, 6.45) is 4.77. The van der Waals surface area contributed by atoms with Crippen molar-refractivity contribution in [3.63, 3.8) is 0 Å². The van der Waals surface area contributed by atoms with E-state index in [1.807, 2.05) is 19.1 Å². The van der Waals surface area contributed by atoms with Gasteiger partial charge in [0.15, 0.2) is 0 Å². The standard InChI is InChI=1S/C8H10O2/c1-5-6-3-2-4-8(5,6)7(9)10/h2-3,5-6H,4H2,1H3,(H,9,10). The summed E-state index contributed by atoms with van der Waals surface area (Å²) in [6, 6.07) is 0. The smallest absolute Gasteiger partial charge is 0.310 e. The average molecular weight is 138 g/mol. The highest BCUT2D eigenvalue weighted by Gasteiger charge is 2.67. The van der Waals surface area contributed by atoms with Crippen LogP contribution in [0.25, 0.3) is 0 Å². The van der Waals surface area contributed by atoms with Crippen LogP contribution in [0.2, 0.25) is 0 Å². The van der Waals surface area contributed by atoms with Crippen molar-refractivity contribution in [2.45, 2.75) is 13.3 Å². The molecular formula is C8H10O2. The summed E-state index contributed by atoms with van der Waals surface area (Å²) in [7, 11) is 0. The third-order valence-corrected chi connectivity index (χ3v) is 3.03. The number of aliphatic carboxylic acids is 1. The molecule has 54 valence electrons. The topological polar surface area (TPSA) is 37.3 Å². The molecule has 0 spiro atoms. The molecule has 2 aliphatic rings. The zero-order valence-corrected chi connectivity index (χ0v) is 5.87. The summed E-state index contributed by atoms with van der Waals surface area (Å²) in [5.74, 6) is 0.0926. The molecule has 1 saturated carbocycles. The van der Waals surface area contributed by atoms with Gasteiger partial charge in [-0.05, 0) is 18.3 Å². The summed E-state index contributed by atoms with van der Waals surface area (Å²) in [4.78, 5) is 10.7. The van der Waals surface area contributed by atoms with Gasteiger partial charge in [-0.15, -0.1) is 0 Å². The lowest BCUT2D eigenvalue weighted by atomic mass is 10.0. The Hall–Kier alpha value is -0.790. The van der Waals surface area contributed by atoms with Gasteiger partial charge in [0.25, 0.3) is 0 Å². The van der Waals surface area contributed by atoms with Gasteiger partial charge in [-0.25, -0.2) is 0 Å². The Labute approximate surface area is 59.5 Å². The Bertz CT molecular complexity index is 219. The predicted octanol–water partition coefficient (Wildman–Crippen LogP) is 1.28. The third kappa shape index (κ3) is 0.405. The lowest BCUT2D eigenvalue weighted by molar-refractivity contribution is -0.143. The fourth-order valence-corrected chi connectivity index (χ4v) is 2.16. The van der Waals surface area contributed by atoms with Gasteiger partial charge >= 0.3 is 5.97 Å². The van der Waals surface area contributed by atoms with E-state index in [-0.39, 0.29) is 5.41 Å². The van der Waals surface area contributed by atoms with Gasteiger partial charge in [0, 0.05) is 0 Å². The molecule has 2 nitrogen and oxygen atoms in total. The van der Waals surface area contributed by atoms with Crippen LogP contribution < -0.4 is 0 Å². The summed E-state index contributed by atoms with van der Waals surface area (Å²) >= 11 is 0. The maximum absolute atomic E-state index is 10.7. The summed E-state index contributed by atoms with van der Waals surface area (Å²) < 4.78 is 0. The predicted molar refractivity (Wildman–Crippen MR) is 36.5 cm³/mol. The van der Waals surface area contributed by atoms with Gasteiger partial charge in [0.05, 0.1) is 5.41 Å². The van der Waals surface area contributed by atoms with E-state index in [2.05, 4.69) is 0 Å². The zero-order chi connectivity index (χ0) is 7.35. The summed E-state index contributed by atoms with van der Waals surface area (Å²) in [5.41, 5.74) is -0.375. The number of fused-ring (bicyclic) bond motifs is 1. The van der Waals surface area contributed by atoms with Crippen molar-refractivity contribution in [1.29, 1.82) is 0 Å². The maximum Gasteiger partial charge on any atom is 0.310 e. The third-order valence-electron chi connectivity index (χ3n) is 3.03. The first-order chi connectivity index (χ1) is 4.69. The molecule has 1 fully saturated rings. The van der Waals surface area contributed by atoms with Gasteiger partial charge in [0.2, 0.25) is 0 Å². The Balaban J connectivity index is 2.29.